The summed E-state index contributed by atoms with van der Waals surface area (Å²) in [6.45, 7) is 5.35. The summed E-state index contributed by atoms with van der Waals surface area (Å²) < 4.78 is 4.91. The van der Waals surface area contributed by atoms with E-state index >= 15 is 0 Å². The number of aromatic hydroxyl groups is 1. The summed E-state index contributed by atoms with van der Waals surface area (Å²) in [6, 6.07) is 5.82. The SMILES string of the molecule is C=C(C=CC)OC(=O)c1ccc(O)cc1. The van der Waals surface area contributed by atoms with Crippen LogP contribution in [0, 0.1) is 0 Å². The Labute approximate surface area is 88.3 Å². The van der Waals surface area contributed by atoms with E-state index in [4.69, 9.17) is 9.84 Å². The van der Waals surface area contributed by atoms with E-state index in [0.29, 0.717) is 5.56 Å². The number of hydrogen-bond acceptors (Lipinski definition) is 3. The van der Waals surface area contributed by atoms with Gasteiger partial charge < -0.3 is 9.84 Å². The molecule has 3 heteroatoms. The van der Waals surface area contributed by atoms with Gasteiger partial charge in [0.1, 0.15) is 11.5 Å². The second kappa shape index (κ2) is 5.00. The quantitative estimate of drug-likeness (QED) is 0.467. The number of benzene rings is 1. The average Bonchev–Trinajstić information content (AvgIpc) is 2.18. The minimum Gasteiger partial charge on any atom is -0.508 e. The first-order valence-corrected chi connectivity index (χ1v) is 4.46. The Morgan fingerprint density at radius 3 is 2.53 bits per heavy atom. The normalized spacial score (nSPS) is 10.2. The molecule has 0 saturated carbocycles. The van der Waals surface area contributed by atoms with Gasteiger partial charge in [-0.05, 0) is 37.3 Å². The van der Waals surface area contributed by atoms with Crippen LogP contribution in [0.5, 0.6) is 5.75 Å². The van der Waals surface area contributed by atoms with Crippen molar-refractivity contribution in [3.63, 3.8) is 0 Å². The maximum atomic E-state index is 11.4. The highest BCUT2D eigenvalue weighted by atomic mass is 16.5. The van der Waals surface area contributed by atoms with Crippen LogP contribution in [0.3, 0.4) is 0 Å². The van der Waals surface area contributed by atoms with Gasteiger partial charge in [-0.2, -0.15) is 0 Å². The van der Waals surface area contributed by atoms with E-state index in [1.54, 1.807) is 19.1 Å². The lowest BCUT2D eigenvalue weighted by molar-refractivity contribution is 0.0638. The van der Waals surface area contributed by atoms with Gasteiger partial charge in [0, 0.05) is 0 Å². The van der Waals surface area contributed by atoms with Crippen LogP contribution >= 0.6 is 0 Å². The van der Waals surface area contributed by atoms with E-state index in [1.807, 2.05) is 0 Å². The number of phenolic OH excluding ortho intramolecular Hbond substituents is 1. The van der Waals surface area contributed by atoms with Crippen molar-refractivity contribution in [2.75, 3.05) is 0 Å². The van der Waals surface area contributed by atoms with Crippen LogP contribution in [0.15, 0.2) is 48.8 Å². The summed E-state index contributed by atoms with van der Waals surface area (Å²) in [5.74, 6) is -0.0903. The van der Waals surface area contributed by atoms with Crippen LogP contribution < -0.4 is 0 Å². The van der Waals surface area contributed by atoms with Crippen LogP contribution in [-0.4, -0.2) is 11.1 Å². The van der Waals surface area contributed by atoms with Crippen molar-refractivity contribution in [1.29, 1.82) is 0 Å². The van der Waals surface area contributed by atoms with E-state index in [0.717, 1.165) is 0 Å². The Balaban J connectivity index is 2.69. The molecule has 0 atom stereocenters. The van der Waals surface area contributed by atoms with Gasteiger partial charge in [0.25, 0.3) is 0 Å². The molecule has 0 aromatic heterocycles. The van der Waals surface area contributed by atoms with Crippen molar-refractivity contribution in [3.05, 3.63) is 54.3 Å². The monoisotopic (exact) mass is 204 g/mol. The topological polar surface area (TPSA) is 46.5 Å². The molecule has 0 radical (unpaired) electrons. The summed E-state index contributed by atoms with van der Waals surface area (Å²) in [4.78, 5) is 11.4. The smallest absolute Gasteiger partial charge is 0.343 e. The predicted octanol–water partition coefficient (Wildman–Crippen LogP) is 2.64. The van der Waals surface area contributed by atoms with Crippen molar-refractivity contribution < 1.29 is 14.6 Å². The summed E-state index contributed by atoms with van der Waals surface area (Å²) in [5, 5.41) is 9.02. The van der Waals surface area contributed by atoms with Gasteiger partial charge in [-0.15, -0.1) is 0 Å². The first-order valence-electron chi connectivity index (χ1n) is 4.46. The third-order valence-electron chi connectivity index (χ3n) is 1.68. The van der Waals surface area contributed by atoms with Crippen molar-refractivity contribution in [2.24, 2.45) is 0 Å². The summed E-state index contributed by atoms with van der Waals surface area (Å²) in [5.41, 5.74) is 0.374. The molecule has 0 aliphatic rings. The first-order chi connectivity index (χ1) is 7.13. The Kier molecular flexibility index (Phi) is 3.68. The maximum absolute atomic E-state index is 11.4. The van der Waals surface area contributed by atoms with Crippen molar-refractivity contribution in [2.45, 2.75) is 6.92 Å². The summed E-state index contributed by atoms with van der Waals surface area (Å²) in [7, 11) is 0. The fraction of sp³-hybridized carbons (Fsp3) is 0.0833. The lowest BCUT2D eigenvalue weighted by atomic mass is 10.2. The molecule has 78 valence electrons. The third kappa shape index (κ3) is 3.31. The zero-order valence-electron chi connectivity index (χ0n) is 8.43. The van der Waals surface area contributed by atoms with E-state index in [2.05, 4.69) is 6.58 Å². The Morgan fingerprint density at radius 2 is 2.00 bits per heavy atom. The fourth-order valence-corrected chi connectivity index (χ4v) is 0.995. The van der Waals surface area contributed by atoms with Crippen molar-refractivity contribution >= 4 is 5.97 Å². The molecule has 0 unspecified atom stereocenters. The minimum atomic E-state index is -0.488. The van der Waals surface area contributed by atoms with Gasteiger partial charge in [-0.25, -0.2) is 4.79 Å². The van der Waals surface area contributed by atoms with Gasteiger partial charge >= 0.3 is 5.97 Å². The van der Waals surface area contributed by atoms with Crippen LogP contribution in [0.4, 0.5) is 0 Å². The third-order valence-corrected chi connectivity index (χ3v) is 1.68. The van der Waals surface area contributed by atoms with Crippen LogP contribution in [0.2, 0.25) is 0 Å². The maximum Gasteiger partial charge on any atom is 0.343 e. The van der Waals surface area contributed by atoms with Gasteiger partial charge in [0.05, 0.1) is 5.56 Å². The average molecular weight is 204 g/mol. The molecule has 0 fully saturated rings. The van der Waals surface area contributed by atoms with E-state index in [-0.39, 0.29) is 11.5 Å². The second-order valence-corrected chi connectivity index (χ2v) is 2.90. The minimum absolute atomic E-state index is 0.110. The van der Waals surface area contributed by atoms with Gasteiger partial charge in [0.15, 0.2) is 0 Å². The molecule has 0 bridgehead atoms. The zero-order valence-corrected chi connectivity index (χ0v) is 8.43. The predicted molar refractivity (Wildman–Crippen MR) is 57.5 cm³/mol. The highest BCUT2D eigenvalue weighted by Gasteiger charge is 2.07. The molecule has 3 nitrogen and oxygen atoms in total. The zero-order chi connectivity index (χ0) is 11.3. The summed E-state index contributed by atoms with van der Waals surface area (Å²) in [6.07, 6.45) is 3.32. The lowest BCUT2D eigenvalue weighted by Crippen LogP contribution is -2.02. The second-order valence-electron chi connectivity index (χ2n) is 2.90. The molecule has 0 spiro atoms. The van der Waals surface area contributed by atoms with E-state index in [9.17, 15) is 4.79 Å². The van der Waals surface area contributed by atoms with Crippen LogP contribution in [0.25, 0.3) is 0 Å². The number of phenols is 1. The molecule has 0 aliphatic carbocycles. The number of rotatable bonds is 3. The molecule has 15 heavy (non-hydrogen) atoms. The van der Waals surface area contributed by atoms with Gasteiger partial charge in [-0.1, -0.05) is 12.7 Å². The molecule has 1 rings (SSSR count). The molecule has 1 aromatic carbocycles. The lowest BCUT2D eigenvalue weighted by Gasteiger charge is -2.03. The van der Waals surface area contributed by atoms with Crippen molar-refractivity contribution in [1.82, 2.24) is 0 Å². The number of allylic oxidation sites excluding steroid dienone is 2. The molecule has 1 aromatic rings. The number of carbonyl (C=O) groups is 1. The molecule has 0 aliphatic heterocycles. The highest BCUT2D eigenvalue weighted by molar-refractivity contribution is 5.90. The Morgan fingerprint density at radius 1 is 1.40 bits per heavy atom. The number of hydrogen-bond donors (Lipinski definition) is 1. The number of esters is 1. The molecule has 0 heterocycles. The molecule has 1 N–H and O–H groups in total. The van der Waals surface area contributed by atoms with Crippen molar-refractivity contribution in [3.8, 4) is 5.75 Å². The number of carbonyl (C=O) groups excluding carboxylic acids is 1. The Bertz CT molecular complexity index is 388. The van der Waals surface area contributed by atoms with Crippen LogP contribution in [0.1, 0.15) is 17.3 Å². The first kappa shape index (κ1) is 11.0. The standard InChI is InChI=1S/C12H12O3/c1-3-4-9(2)15-12(14)10-5-7-11(13)8-6-10/h3-8,13H,2H2,1H3. The summed E-state index contributed by atoms with van der Waals surface area (Å²) >= 11 is 0. The largest absolute Gasteiger partial charge is 0.508 e. The van der Waals surface area contributed by atoms with E-state index < -0.39 is 5.97 Å². The fourth-order valence-electron chi connectivity index (χ4n) is 0.995. The molecule has 0 saturated heterocycles. The van der Waals surface area contributed by atoms with Crippen LogP contribution in [-0.2, 0) is 4.74 Å². The Hall–Kier alpha value is -2.03. The highest BCUT2D eigenvalue weighted by Crippen LogP contribution is 2.11. The number of ether oxygens (including phenoxy) is 1. The molecular formula is C12H12O3. The molecular weight excluding hydrogens is 192 g/mol. The van der Waals surface area contributed by atoms with E-state index in [1.165, 1.54) is 24.3 Å². The molecule has 0 amide bonds. The van der Waals surface area contributed by atoms with Gasteiger partial charge in [0.2, 0.25) is 0 Å². The van der Waals surface area contributed by atoms with Gasteiger partial charge in [-0.3, -0.25) is 0 Å².